The van der Waals surface area contributed by atoms with Crippen molar-refractivity contribution in [1.29, 1.82) is 0 Å². The fourth-order valence-electron chi connectivity index (χ4n) is 1.67. The van der Waals surface area contributed by atoms with E-state index >= 15 is 0 Å². The van der Waals surface area contributed by atoms with Crippen molar-refractivity contribution in [3.05, 3.63) is 11.6 Å². The van der Waals surface area contributed by atoms with E-state index in [-0.39, 0.29) is 23.8 Å². The molecule has 1 atom stereocenters. The van der Waals surface area contributed by atoms with Crippen molar-refractivity contribution >= 4 is 5.91 Å². The van der Waals surface area contributed by atoms with Crippen LogP contribution in [0.4, 0.5) is 0 Å². The molecule has 1 saturated heterocycles. The lowest BCUT2D eigenvalue weighted by Gasteiger charge is -2.21. The van der Waals surface area contributed by atoms with Gasteiger partial charge in [0.25, 0.3) is 0 Å². The molecule has 1 unspecified atom stereocenters. The molecule has 0 aromatic rings. The van der Waals surface area contributed by atoms with Gasteiger partial charge in [-0.05, 0) is 18.8 Å². The van der Waals surface area contributed by atoms with Crippen molar-refractivity contribution in [3.8, 4) is 0 Å². The number of amides is 1. The van der Waals surface area contributed by atoms with Crippen LogP contribution in [0, 0.1) is 11.3 Å². The zero-order chi connectivity index (χ0) is 12.3. The highest BCUT2D eigenvalue weighted by atomic mass is 16.3. The highest BCUT2D eigenvalue weighted by Gasteiger charge is 2.25. The van der Waals surface area contributed by atoms with Crippen LogP contribution in [0.15, 0.2) is 11.6 Å². The fraction of sp³-hybridized carbons (Fsp3) is 0.769. The Morgan fingerprint density at radius 1 is 1.50 bits per heavy atom. The molecule has 1 amide bonds. The molecule has 92 valence electrons. The molecule has 0 radical (unpaired) electrons. The number of hydrogen-bond acceptors (Lipinski definition) is 2. The Morgan fingerprint density at radius 2 is 2.12 bits per heavy atom. The van der Waals surface area contributed by atoms with Crippen LogP contribution in [0.1, 0.15) is 34.1 Å². The zero-order valence-electron chi connectivity index (χ0n) is 10.8. The molecule has 1 heterocycles. The van der Waals surface area contributed by atoms with Gasteiger partial charge >= 0.3 is 0 Å². The third kappa shape index (κ3) is 3.34. The summed E-state index contributed by atoms with van der Waals surface area (Å²) in [6.07, 6.45) is 2.66. The number of aliphatic hydroxyl groups excluding tert-OH is 1. The molecule has 0 spiro atoms. The molecule has 0 saturated carbocycles. The van der Waals surface area contributed by atoms with Crippen molar-refractivity contribution in [2.75, 3.05) is 19.7 Å². The smallest absolute Gasteiger partial charge is 0.246 e. The molecule has 0 aliphatic carbocycles. The van der Waals surface area contributed by atoms with E-state index in [1.165, 1.54) is 0 Å². The van der Waals surface area contributed by atoms with E-state index in [4.69, 9.17) is 5.11 Å². The predicted octanol–water partition coefficient (Wildman–Crippen LogP) is 1.82. The molecule has 16 heavy (non-hydrogen) atoms. The molecule has 3 heteroatoms. The lowest BCUT2D eigenvalue weighted by molar-refractivity contribution is -0.125. The molecular formula is C13H23NO2. The Bertz CT molecular complexity index is 289. The maximum absolute atomic E-state index is 11.9. The van der Waals surface area contributed by atoms with Gasteiger partial charge < -0.3 is 10.0 Å². The third-order valence-electron chi connectivity index (χ3n) is 3.38. The van der Waals surface area contributed by atoms with E-state index < -0.39 is 0 Å². The maximum Gasteiger partial charge on any atom is 0.246 e. The van der Waals surface area contributed by atoms with Gasteiger partial charge in [-0.2, -0.15) is 0 Å². The van der Waals surface area contributed by atoms with Crippen LogP contribution in [0.3, 0.4) is 0 Å². The number of carbonyl (C=O) groups excluding carboxylic acids is 1. The first-order chi connectivity index (χ1) is 7.34. The molecule has 1 aliphatic rings. The molecule has 1 fully saturated rings. The first kappa shape index (κ1) is 13.2. The van der Waals surface area contributed by atoms with Gasteiger partial charge in [0.15, 0.2) is 0 Å². The van der Waals surface area contributed by atoms with Crippen LogP contribution < -0.4 is 0 Å². The molecule has 0 aromatic heterocycles. The van der Waals surface area contributed by atoms with Crippen molar-refractivity contribution in [2.45, 2.75) is 34.1 Å². The summed E-state index contributed by atoms with van der Waals surface area (Å²) in [5.74, 6) is 0.357. The summed E-state index contributed by atoms with van der Waals surface area (Å²) in [5.41, 5.74) is 1.15. The minimum Gasteiger partial charge on any atom is -0.396 e. The van der Waals surface area contributed by atoms with E-state index in [1.54, 1.807) is 6.08 Å². The molecule has 1 rings (SSSR count). The second-order valence-electron chi connectivity index (χ2n) is 5.70. The standard InChI is InChI=1S/C13H23NO2/c1-10(13(2,3)4)7-12(16)14-6-5-11(8-14)9-15/h7,11,15H,5-6,8-9H2,1-4H3. The summed E-state index contributed by atoms with van der Waals surface area (Å²) >= 11 is 0. The quantitative estimate of drug-likeness (QED) is 0.728. The largest absolute Gasteiger partial charge is 0.396 e. The van der Waals surface area contributed by atoms with Crippen LogP contribution in [0.25, 0.3) is 0 Å². The first-order valence-electron chi connectivity index (χ1n) is 5.93. The van der Waals surface area contributed by atoms with Gasteiger partial charge in [-0.15, -0.1) is 0 Å². The second kappa shape index (κ2) is 5.00. The normalized spacial score (nSPS) is 22.7. The van der Waals surface area contributed by atoms with Gasteiger partial charge in [0.2, 0.25) is 5.91 Å². The van der Waals surface area contributed by atoms with Gasteiger partial charge in [-0.3, -0.25) is 4.79 Å². The van der Waals surface area contributed by atoms with E-state index in [1.807, 2.05) is 11.8 Å². The molecule has 3 nitrogen and oxygen atoms in total. The van der Waals surface area contributed by atoms with Crippen LogP contribution >= 0.6 is 0 Å². The Morgan fingerprint density at radius 3 is 2.56 bits per heavy atom. The summed E-state index contributed by atoms with van der Waals surface area (Å²) in [5, 5.41) is 9.02. The summed E-state index contributed by atoms with van der Waals surface area (Å²) in [6, 6.07) is 0. The zero-order valence-corrected chi connectivity index (χ0v) is 10.8. The predicted molar refractivity (Wildman–Crippen MR) is 65.0 cm³/mol. The molecule has 0 aromatic carbocycles. The van der Waals surface area contributed by atoms with Crippen molar-refractivity contribution in [3.63, 3.8) is 0 Å². The minimum atomic E-state index is 0.0474. The van der Waals surface area contributed by atoms with Crippen LogP contribution in [0.2, 0.25) is 0 Å². The summed E-state index contributed by atoms with van der Waals surface area (Å²) < 4.78 is 0. The number of carbonyl (C=O) groups is 1. The highest BCUT2D eigenvalue weighted by Crippen LogP contribution is 2.25. The van der Waals surface area contributed by atoms with Crippen molar-refractivity contribution in [1.82, 2.24) is 4.90 Å². The van der Waals surface area contributed by atoms with Gasteiger partial charge in [0, 0.05) is 31.7 Å². The van der Waals surface area contributed by atoms with Crippen LogP contribution in [-0.4, -0.2) is 35.6 Å². The van der Waals surface area contributed by atoms with Crippen LogP contribution in [0.5, 0.6) is 0 Å². The molecule has 1 aliphatic heterocycles. The highest BCUT2D eigenvalue weighted by molar-refractivity contribution is 5.88. The third-order valence-corrected chi connectivity index (χ3v) is 3.38. The number of nitrogens with zero attached hydrogens (tertiary/aromatic N) is 1. The summed E-state index contributed by atoms with van der Waals surface area (Å²) in [7, 11) is 0. The Hall–Kier alpha value is -0.830. The van der Waals surface area contributed by atoms with E-state index in [0.717, 1.165) is 18.5 Å². The van der Waals surface area contributed by atoms with Crippen LogP contribution in [-0.2, 0) is 4.79 Å². The van der Waals surface area contributed by atoms with Crippen molar-refractivity contribution < 1.29 is 9.90 Å². The number of likely N-dealkylation sites (tertiary alicyclic amines) is 1. The van der Waals surface area contributed by atoms with Gasteiger partial charge in [-0.1, -0.05) is 26.3 Å². The number of aliphatic hydroxyl groups is 1. The lowest BCUT2D eigenvalue weighted by atomic mass is 9.87. The summed E-state index contributed by atoms with van der Waals surface area (Å²) in [4.78, 5) is 13.8. The molecule has 0 bridgehead atoms. The average molecular weight is 225 g/mol. The van der Waals surface area contributed by atoms with Crippen molar-refractivity contribution in [2.24, 2.45) is 11.3 Å². The van der Waals surface area contributed by atoms with E-state index in [0.29, 0.717) is 6.54 Å². The number of rotatable bonds is 2. The van der Waals surface area contributed by atoms with E-state index in [2.05, 4.69) is 20.8 Å². The minimum absolute atomic E-state index is 0.0474. The van der Waals surface area contributed by atoms with E-state index in [9.17, 15) is 4.79 Å². The fourth-order valence-corrected chi connectivity index (χ4v) is 1.67. The molecule has 1 N–H and O–H groups in total. The maximum atomic E-state index is 11.9. The van der Waals surface area contributed by atoms with Gasteiger partial charge in [0.05, 0.1) is 0 Å². The monoisotopic (exact) mass is 225 g/mol. The SMILES string of the molecule is CC(=CC(=O)N1CCC(CO)C1)C(C)(C)C. The second-order valence-corrected chi connectivity index (χ2v) is 5.70. The average Bonchev–Trinajstić information content (AvgIpc) is 2.64. The number of hydrogen-bond donors (Lipinski definition) is 1. The summed E-state index contributed by atoms with van der Waals surface area (Å²) in [6.45, 7) is 9.97. The first-order valence-corrected chi connectivity index (χ1v) is 5.93. The Kier molecular flexibility index (Phi) is 4.14. The Balaban J connectivity index is 2.60. The lowest BCUT2D eigenvalue weighted by Crippen LogP contribution is -2.28. The Labute approximate surface area is 98.1 Å². The van der Waals surface area contributed by atoms with Gasteiger partial charge in [-0.25, -0.2) is 0 Å². The van der Waals surface area contributed by atoms with Gasteiger partial charge in [0.1, 0.15) is 0 Å². The number of allylic oxidation sites excluding steroid dienone is 1. The topological polar surface area (TPSA) is 40.5 Å². The molecular weight excluding hydrogens is 202 g/mol.